The van der Waals surface area contributed by atoms with Crippen molar-refractivity contribution >= 4 is 12.1 Å². The topological polar surface area (TPSA) is 84.7 Å². The first-order chi connectivity index (χ1) is 12.0. The van der Waals surface area contributed by atoms with E-state index in [1.54, 1.807) is 17.9 Å². The second kappa shape index (κ2) is 6.96. The summed E-state index contributed by atoms with van der Waals surface area (Å²) in [5, 5.41) is 13.8. The van der Waals surface area contributed by atoms with Gasteiger partial charge in [-0.05, 0) is 18.1 Å². The molecule has 1 aromatic heterocycles. The molecule has 1 aliphatic heterocycles. The fourth-order valence-electron chi connectivity index (χ4n) is 3.38. The van der Waals surface area contributed by atoms with Crippen molar-refractivity contribution in [2.75, 3.05) is 13.1 Å². The van der Waals surface area contributed by atoms with Gasteiger partial charge in [-0.1, -0.05) is 30.3 Å². The number of hydrogen-bond acceptors (Lipinski definition) is 4. The van der Waals surface area contributed by atoms with Gasteiger partial charge in [0.15, 0.2) is 0 Å². The maximum Gasteiger partial charge on any atom is 0.410 e. The van der Waals surface area contributed by atoms with Crippen LogP contribution in [0.1, 0.15) is 22.7 Å². The van der Waals surface area contributed by atoms with Gasteiger partial charge < -0.3 is 14.7 Å². The number of amides is 1. The van der Waals surface area contributed by atoms with Gasteiger partial charge in [-0.2, -0.15) is 5.10 Å². The summed E-state index contributed by atoms with van der Waals surface area (Å²) in [4.78, 5) is 25.5. The van der Waals surface area contributed by atoms with Crippen molar-refractivity contribution in [2.45, 2.75) is 19.4 Å². The van der Waals surface area contributed by atoms with E-state index in [2.05, 4.69) is 5.10 Å². The van der Waals surface area contributed by atoms with Gasteiger partial charge in [0.1, 0.15) is 6.61 Å². The lowest BCUT2D eigenvalue weighted by Crippen LogP contribution is -2.30. The molecule has 7 heteroatoms. The maximum atomic E-state index is 12.4. The SMILES string of the molecule is Cc1cnn(C)c1C1CN(C(=O)OCc2ccccc2)CC1C(=O)O. The number of aryl methyl sites for hydroxylation is 2. The number of carboxylic acids is 1. The Hall–Kier alpha value is -2.83. The molecule has 2 heterocycles. The van der Waals surface area contributed by atoms with Crippen LogP contribution in [0.2, 0.25) is 0 Å². The van der Waals surface area contributed by atoms with Crippen molar-refractivity contribution in [2.24, 2.45) is 13.0 Å². The first kappa shape index (κ1) is 17.0. The van der Waals surface area contributed by atoms with Gasteiger partial charge in [-0.3, -0.25) is 9.48 Å². The van der Waals surface area contributed by atoms with Crippen LogP contribution in [0.4, 0.5) is 4.79 Å². The Morgan fingerprint density at radius 2 is 2.00 bits per heavy atom. The Bertz CT molecular complexity index is 752. The minimum atomic E-state index is -0.913. The van der Waals surface area contributed by atoms with Crippen LogP contribution in [0.5, 0.6) is 0 Å². The van der Waals surface area contributed by atoms with E-state index in [9.17, 15) is 14.7 Å². The second-order valence-electron chi connectivity index (χ2n) is 6.33. The highest BCUT2D eigenvalue weighted by molar-refractivity contribution is 5.75. The number of aromatic nitrogens is 2. The zero-order chi connectivity index (χ0) is 18.0. The fraction of sp³-hybridized carbons (Fsp3) is 0.389. The Labute approximate surface area is 145 Å². The molecule has 7 nitrogen and oxygen atoms in total. The molecule has 0 bridgehead atoms. The number of carbonyl (C=O) groups is 2. The molecule has 1 N–H and O–H groups in total. The summed E-state index contributed by atoms with van der Waals surface area (Å²) in [5.41, 5.74) is 2.67. The lowest BCUT2D eigenvalue weighted by atomic mass is 9.91. The summed E-state index contributed by atoms with van der Waals surface area (Å²) in [6, 6.07) is 9.39. The van der Waals surface area contributed by atoms with Crippen molar-refractivity contribution in [3.8, 4) is 0 Å². The molecule has 1 fully saturated rings. The standard InChI is InChI=1S/C18H21N3O4/c1-12-8-19-20(2)16(12)14-9-21(10-15(14)17(22)23)18(24)25-11-13-6-4-3-5-7-13/h3-8,14-15H,9-11H2,1-2H3,(H,22,23). The van der Waals surface area contributed by atoms with Crippen molar-refractivity contribution in [1.82, 2.24) is 14.7 Å². The zero-order valence-electron chi connectivity index (χ0n) is 14.3. The van der Waals surface area contributed by atoms with E-state index < -0.39 is 18.0 Å². The molecular formula is C18H21N3O4. The maximum absolute atomic E-state index is 12.4. The van der Waals surface area contributed by atoms with E-state index in [-0.39, 0.29) is 19.1 Å². The second-order valence-corrected chi connectivity index (χ2v) is 6.33. The predicted octanol–water partition coefficient (Wildman–Crippen LogP) is 2.17. The van der Waals surface area contributed by atoms with Gasteiger partial charge in [-0.15, -0.1) is 0 Å². The molecule has 2 unspecified atom stereocenters. The molecule has 3 rings (SSSR count). The van der Waals surface area contributed by atoms with Gasteiger partial charge in [0.25, 0.3) is 0 Å². The molecule has 0 aliphatic carbocycles. The highest BCUT2D eigenvalue weighted by Gasteiger charge is 2.43. The molecule has 25 heavy (non-hydrogen) atoms. The number of likely N-dealkylation sites (tertiary alicyclic amines) is 1. The lowest BCUT2D eigenvalue weighted by Gasteiger charge is -2.17. The molecule has 1 saturated heterocycles. The Morgan fingerprint density at radius 3 is 2.60 bits per heavy atom. The summed E-state index contributed by atoms with van der Waals surface area (Å²) in [7, 11) is 1.79. The van der Waals surface area contributed by atoms with Gasteiger partial charge >= 0.3 is 12.1 Å². The fourth-order valence-corrected chi connectivity index (χ4v) is 3.38. The summed E-state index contributed by atoms with van der Waals surface area (Å²) in [6.07, 6.45) is 1.22. The van der Waals surface area contributed by atoms with Crippen molar-refractivity contribution in [1.29, 1.82) is 0 Å². The zero-order valence-corrected chi connectivity index (χ0v) is 14.3. The number of rotatable bonds is 4. The average molecular weight is 343 g/mol. The Morgan fingerprint density at radius 1 is 1.28 bits per heavy atom. The van der Waals surface area contributed by atoms with E-state index >= 15 is 0 Å². The van der Waals surface area contributed by atoms with Gasteiger partial charge in [-0.25, -0.2) is 4.79 Å². The van der Waals surface area contributed by atoms with Gasteiger partial charge in [0.05, 0.1) is 12.1 Å². The van der Waals surface area contributed by atoms with E-state index in [0.29, 0.717) is 6.54 Å². The average Bonchev–Trinajstić information content (AvgIpc) is 3.17. The number of carbonyl (C=O) groups excluding carboxylic acids is 1. The van der Waals surface area contributed by atoms with Crippen LogP contribution in [0, 0.1) is 12.8 Å². The third-order valence-corrected chi connectivity index (χ3v) is 4.63. The van der Waals surface area contributed by atoms with Crippen molar-refractivity contribution in [3.05, 3.63) is 53.3 Å². The van der Waals surface area contributed by atoms with Crippen molar-refractivity contribution < 1.29 is 19.4 Å². The van der Waals surface area contributed by atoms with Crippen LogP contribution in [0.25, 0.3) is 0 Å². The largest absolute Gasteiger partial charge is 0.481 e. The van der Waals surface area contributed by atoms with E-state index in [1.807, 2.05) is 37.3 Å². The van der Waals surface area contributed by atoms with Crippen LogP contribution >= 0.6 is 0 Å². The van der Waals surface area contributed by atoms with Crippen LogP contribution in [0.15, 0.2) is 36.5 Å². The Kier molecular flexibility index (Phi) is 4.74. The molecule has 132 valence electrons. The van der Waals surface area contributed by atoms with E-state index in [4.69, 9.17) is 4.74 Å². The van der Waals surface area contributed by atoms with Gasteiger partial charge in [0, 0.05) is 31.7 Å². The van der Waals surface area contributed by atoms with Crippen LogP contribution < -0.4 is 0 Å². The van der Waals surface area contributed by atoms with Crippen LogP contribution in [0.3, 0.4) is 0 Å². The molecule has 0 spiro atoms. The molecule has 0 saturated carbocycles. The molecule has 1 amide bonds. The number of aliphatic carboxylic acids is 1. The van der Waals surface area contributed by atoms with Crippen LogP contribution in [-0.4, -0.2) is 44.9 Å². The minimum Gasteiger partial charge on any atom is -0.481 e. The lowest BCUT2D eigenvalue weighted by molar-refractivity contribution is -0.141. The third-order valence-electron chi connectivity index (χ3n) is 4.63. The third kappa shape index (κ3) is 3.50. The first-order valence-electron chi connectivity index (χ1n) is 8.14. The van der Waals surface area contributed by atoms with Crippen molar-refractivity contribution in [3.63, 3.8) is 0 Å². The quantitative estimate of drug-likeness (QED) is 0.920. The first-order valence-corrected chi connectivity index (χ1v) is 8.14. The predicted molar refractivity (Wildman–Crippen MR) is 90.0 cm³/mol. The number of ether oxygens (including phenoxy) is 1. The molecule has 1 aromatic carbocycles. The van der Waals surface area contributed by atoms with E-state index in [1.165, 1.54) is 4.90 Å². The number of carboxylic acid groups (broad SMARTS) is 1. The molecular weight excluding hydrogens is 322 g/mol. The monoisotopic (exact) mass is 343 g/mol. The molecule has 2 atom stereocenters. The Balaban J connectivity index is 1.71. The molecule has 2 aromatic rings. The minimum absolute atomic E-state index is 0.137. The number of nitrogens with zero attached hydrogens (tertiary/aromatic N) is 3. The summed E-state index contributed by atoms with van der Waals surface area (Å²) >= 11 is 0. The van der Waals surface area contributed by atoms with E-state index in [0.717, 1.165) is 16.8 Å². The number of benzene rings is 1. The van der Waals surface area contributed by atoms with Gasteiger partial charge in [0.2, 0.25) is 0 Å². The highest BCUT2D eigenvalue weighted by Crippen LogP contribution is 2.34. The summed E-state index contributed by atoms with van der Waals surface area (Å²) in [5.74, 6) is -1.88. The normalized spacial score (nSPS) is 19.8. The summed E-state index contributed by atoms with van der Waals surface area (Å²) < 4.78 is 7.03. The summed E-state index contributed by atoms with van der Waals surface area (Å²) in [6.45, 7) is 2.52. The molecule has 0 radical (unpaired) electrons. The van der Waals surface area contributed by atoms with Crippen LogP contribution in [-0.2, 0) is 23.2 Å². The number of hydrogen-bond donors (Lipinski definition) is 1. The smallest absolute Gasteiger partial charge is 0.410 e. The highest BCUT2D eigenvalue weighted by atomic mass is 16.6. The molecule has 1 aliphatic rings.